The Balaban J connectivity index is 0.00000196. The average molecular weight is 202 g/mol. The molecule has 2 atom stereocenters. The van der Waals surface area contributed by atoms with Gasteiger partial charge in [-0.3, -0.25) is 0 Å². The van der Waals surface area contributed by atoms with E-state index in [-0.39, 0.29) is 18.9 Å². The molecule has 1 fully saturated rings. The maximum Gasteiger partial charge on any atom is 1.00 e. The zero-order chi connectivity index (χ0) is 10.2. The molecule has 0 nitrogen and oxygen atoms in total. The average Bonchev–Trinajstić information content (AvgIpc) is 2.24. The van der Waals surface area contributed by atoms with Crippen LogP contribution in [0.2, 0.25) is 0 Å². The molecule has 0 saturated heterocycles. The Hall–Kier alpha value is 0.597. The van der Waals surface area contributed by atoms with Gasteiger partial charge in [0.15, 0.2) is 0 Å². The van der Waals surface area contributed by atoms with Gasteiger partial charge in [0, 0.05) is 0 Å². The molecule has 2 unspecified atom stereocenters. The summed E-state index contributed by atoms with van der Waals surface area (Å²) in [6, 6.07) is 0. The smallest absolute Gasteiger partial charge is 0.322 e. The van der Waals surface area contributed by atoms with Gasteiger partial charge in [0.05, 0.1) is 0 Å². The molecule has 0 spiro atoms. The van der Waals surface area contributed by atoms with E-state index in [2.05, 4.69) is 20.3 Å². The molecule has 1 aliphatic carbocycles. The van der Waals surface area contributed by atoms with Gasteiger partial charge in [-0.1, -0.05) is 71.6 Å². The molecule has 0 N–H and O–H groups in total. The van der Waals surface area contributed by atoms with Crippen molar-refractivity contribution in [3.63, 3.8) is 0 Å². The van der Waals surface area contributed by atoms with Crippen LogP contribution in [0.25, 0.3) is 0 Å². The molecular formula is C14H27Li. The van der Waals surface area contributed by atoms with Gasteiger partial charge < -0.3 is 6.42 Å². The Morgan fingerprint density at radius 3 is 1.80 bits per heavy atom. The van der Waals surface area contributed by atoms with E-state index in [0.29, 0.717) is 0 Å². The minimum atomic E-state index is 0. The number of hydrogen-bond donors (Lipinski definition) is 0. The zero-order valence-electron chi connectivity index (χ0n) is 11.1. The third-order valence-electron chi connectivity index (χ3n) is 3.55. The molecule has 0 amide bonds. The van der Waals surface area contributed by atoms with Crippen molar-refractivity contribution in [1.82, 2.24) is 0 Å². The first-order valence-electron chi connectivity index (χ1n) is 6.71. The number of unbranched alkanes of at least 4 members (excludes halogenated alkanes) is 2. The molecule has 1 aliphatic rings. The SMILES string of the molecule is CCCCC1[CH-]C(CCCC)CCC1.[Li+]. The van der Waals surface area contributed by atoms with E-state index in [0.717, 1.165) is 11.8 Å². The minimum Gasteiger partial charge on any atom is -0.322 e. The van der Waals surface area contributed by atoms with E-state index in [1.165, 1.54) is 57.8 Å². The van der Waals surface area contributed by atoms with Crippen LogP contribution in [0.1, 0.15) is 71.6 Å². The van der Waals surface area contributed by atoms with Gasteiger partial charge >= 0.3 is 18.9 Å². The van der Waals surface area contributed by atoms with Crippen molar-refractivity contribution >= 4 is 0 Å². The maximum absolute atomic E-state index is 2.69. The van der Waals surface area contributed by atoms with Crippen LogP contribution < -0.4 is 18.9 Å². The third kappa shape index (κ3) is 6.70. The topological polar surface area (TPSA) is 0 Å². The van der Waals surface area contributed by atoms with Crippen LogP contribution in [0, 0.1) is 18.3 Å². The summed E-state index contributed by atoms with van der Waals surface area (Å²) < 4.78 is 0. The molecule has 0 bridgehead atoms. The van der Waals surface area contributed by atoms with Crippen molar-refractivity contribution in [1.29, 1.82) is 0 Å². The molecule has 0 aliphatic heterocycles. The van der Waals surface area contributed by atoms with Gasteiger partial charge in [0.2, 0.25) is 0 Å². The standard InChI is InChI=1S/C14H27.Li/c1-3-5-8-13-10-7-11-14(12-13)9-6-4-2;/h12-14H,3-11H2,1-2H3;/q-1;+1. The van der Waals surface area contributed by atoms with Crippen LogP contribution in [0.5, 0.6) is 0 Å². The maximum atomic E-state index is 2.69. The molecule has 0 aromatic carbocycles. The van der Waals surface area contributed by atoms with E-state index in [1.807, 2.05) is 0 Å². The van der Waals surface area contributed by atoms with Crippen LogP contribution in [-0.4, -0.2) is 0 Å². The second-order valence-corrected chi connectivity index (χ2v) is 4.93. The second-order valence-electron chi connectivity index (χ2n) is 4.93. The zero-order valence-corrected chi connectivity index (χ0v) is 11.1. The molecule has 0 heterocycles. The monoisotopic (exact) mass is 202 g/mol. The van der Waals surface area contributed by atoms with E-state index >= 15 is 0 Å². The predicted octanol–water partition coefficient (Wildman–Crippen LogP) is 1.99. The summed E-state index contributed by atoms with van der Waals surface area (Å²) >= 11 is 0. The van der Waals surface area contributed by atoms with Gasteiger partial charge in [-0.05, 0) is 0 Å². The molecule has 84 valence electrons. The molecule has 0 aromatic rings. The summed E-state index contributed by atoms with van der Waals surface area (Å²) in [5.41, 5.74) is 0. The van der Waals surface area contributed by atoms with Gasteiger partial charge in [-0.25, -0.2) is 0 Å². The Bertz CT molecular complexity index is 119. The molecule has 0 aromatic heterocycles. The quantitative estimate of drug-likeness (QED) is 0.456. The molecular weight excluding hydrogens is 175 g/mol. The van der Waals surface area contributed by atoms with Crippen LogP contribution in [-0.2, 0) is 0 Å². The Morgan fingerprint density at radius 1 is 0.933 bits per heavy atom. The summed E-state index contributed by atoms with van der Waals surface area (Å²) in [6.45, 7) is 4.61. The first kappa shape index (κ1) is 15.6. The first-order valence-corrected chi connectivity index (χ1v) is 6.71. The van der Waals surface area contributed by atoms with Crippen molar-refractivity contribution in [3.8, 4) is 0 Å². The first-order chi connectivity index (χ1) is 6.86. The summed E-state index contributed by atoms with van der Waals surface area (Å²) in [5.74, 6) is 1.93. The number of rotatable bonds is 6. The van der Waals surface area contributed by atoms with Crippen molar-refractivity contribution in [2.45, 2.75) is 71.6 Å². The fourth-order valence-electron chi connectivity index (χ4n) is 2.63. The molecule has 15 heavy (non-hydrogen) atoms. The van der Waals surface area contributed by atoms with Crippen molar-refractivity contribution in [2.75, 3.05) is 0 Å². The Morgan fingerprint density at radius 2 is 1.40 bits per heavy atom. The molecule has 0 radical (unpaired) electrons. The van der Waals surface area contributed by atoms with Crippen molar-refractivity contribution in [3.05, 3.63) is 6.42 Å². The van der Waals surface area contributed by atoms with E-state index < -0.39 is 0 Å². The van der Waals surface area contributed by atoms with Crippen LogP contribution in [0.15, 0.2) is 0 Å². The fraction of sp³-hybridized carbons (Fsp3) is 0.929. The summed E-state index contributed by atoms with van der Waals surface area (Å²) in [4.78, 5) is 0. The van der Waals surface area contributed by atoms with Crippen LogP contribution in [0.4, 0.5) is 0 Å². The van der Waals surface area contributed by atoms with Gasteiger partial charge in [0.1, 0.15) is 0 Å². The Labute approximate surface area is 109 Å². The van der Waals surface area contributed by atoms with Gasteiger partial charge in [-0.15, -0.1) is 0 Å². The largest absolute Gasteiger partial charge is 1.00 e. The normalized spacial score (nSPS) is 26.0. The summed E-state index contributed by atoms with van der Waals surface area (Å²) in [5, 5.41) is 0. The van der Waals surface area contributed by atoms with Crippen molar-refractivity contribution in [2.24, 2.45) is 11.8 Å². The summed E-state index contributed by atoms with van der Waals surface area (Å²) in [7, 11) is 0. The van der Waals surface area contributed by atoms with Crippen LogP contribution >= 0.6 is 0 Å². The summed E-state index contributed by atoms with van der Waals surface area (Å²) in [6.07, 6.45) is 15.6. The van der Waals surface area contributed by atoms with E-state index in [9.17, 15) is 0 Å². The molecule has 1 rings (SSSR count). The second kappa shape index (κ2) is 9.80. The third-order valence-corrected chi connectivity index (χ3v) is 3.55. The predicted molar refractivity (Wildman–Crippen MR) is 64.2 cm³/mol. The minimum absolute atomic E-state index is 0. The van der Waals surface area contributed by atoms with Crippen molar-refractivity contribution < 1.29 is 18.9 Å². The van der Waals surface area contributed by atoms with Gasteiger partial charge in [-0.2, -0.15) is 11.8 Å². The molecule has 1 saturated carbocycles. The Kier molecular flexibility index (Phi) is 10.2. The van der Waals surface area contributed by atoms with E-state index in [1.54, 1.807) is 0 Å². The van der Waals surface area contributed by atoms with Gasteiger partial charge in [0.25, 0.3) is 0 Å². The fourth-order valence-corrected chi connectivity index (χ4v) is 2.63. The van der Waals surface area contributed by atoms with Crippen LogP contribution in [0.3, 0.4) is 0 Å². The number of hydrogen-bond acceptors (Lipinski definition) is 0. The van der Waals surface area contributed by atoms with E-state index in [4.69, 9.17) is 0 Å². The molecule has 1 heteroatoms.